The van der Waals surface area contributed by atoms with E-state index >= 15 is 0 Å². The van der Waals surface area contributed by atoms with Crippen LogP contribution in [0.25, 0.3) is 0 Å². The van der Waals surface area contributed by atoms with Crippen molar-refractivity contribution in [2.75, 3.05) is 18.0 Å². The van der Waals surface area contributed by atoms with Crippen LogP contribution in [0.3, 0.4) is 0 Å². The lowest BCUT2D eigenvalue weighted by Gasteiger charge is -2.32. The maximum atomic E-state index is 12.1. The maximum Gasteiger partial charge on any atom is 0.287 e. The molecule has 1 aliphatic heterocycles. The molecule has 1 aliphatic rings. The Balaban J connectivity index is 1.53. The second kappa shape index (κ2) is 6.69. The first-order valence-corrected chi connectivity index (χ1v) is 7.75. The Hall–Kier alpha value is -2.90. The smallest absolute Gasteiger partial charge is 0.287 e. The van der Waals surface area contributed by atoms with E-state index in [0.717, 1.165) is 25.9 Å². The van der Waals surface area contributed by atoms with Crippen molar-refractivity contribution < 1.29 is 14.1 Å². The van der Waals surface area contributed by atoms with Gasteiger partial charge >= 0.3 is 0 Å². The molecule has 0 bridgehead atoms. The Morgan fingerprint density at radius 1 is 1.33 bits per heavy atom. The molecule has 0 aliphatic carbocycles. The minimum atomic E-state index is -0.463. The fraction of sp³-hybridized carbons (Fsp3) is 0.375. The van der Waals surface area contributed by atoms with Crippen molar-refractivity contribution in [3.05, 3.63) is 52.1 Å². The van der Waals surface area contributed by atoms with E-state index in [2.05, 4.69) is 15.2 Å². The van der Waals surface area contributed by atoms with Crippen LogP contribution < -0.4 is 10.2 Å². The molecule has 8 nitrogen and oxygen atoms in total. The highest BCUT2D eigenvalue weighted by Gasteiger charge is 2.23. The monoisotopic (exact) mass is 330 g/mol. The number of anilines is 1. The number of aromatic nitrogens is 1. The van der Waals surface area contributed by atoms with E-state index in [4.69, 9.17) is 4.42 Å². The van der Waals surface area contributed by atoms with Crippen LogP contribution in [0.1, 0.15) is 29.2 Å². The molecule has 0 unspecified atom stereocenters. The van der Waals surface area contributed by atoms with Crippen molar-refractivity contribution >= 4 is 17.4 Å². The summed E-state index contributed by atoms with van der Waals surface area (Å²) in [6, 6.07) is 6.62. The van der Waals surface area contributed by atoms with Gasteiger partial charge < -0.3 is 14.6 Å². The fourth-order valence-electron chi connectivity index (χ4n) is 2.74. The maximum absolute atomic E-state index is 12.1. The molecule has 1 amide bonds. The fourth-order valence-corrected chi connectivity index (χ4v) is 2.74. The molecule has 1 N–H and O–H groups in total. The van der Waals surface area contributed by atoms with E-state index in [1.807, 2.05) is 0 Å². The first kappa shape index (κ1) is 16.0. The quantitative estimate of drug-likeness (QED) is 0.682. The first-order chi connectivity index (χ1) is 11.5. The average molecular weight is 330 g/mol. The van der Waals surface area contributed by atoms with Crippen molar-refractivity contribution in [3.63, 3.8) is 0 Å². The highest BCUT2D eigenvalue weighted by atomic mass is 16.6. The third kappa shape index (κ3) is 3.53. The number of nitrogens with zero attached hydrogens (tertiary/aromatic N) is 3. The Morgan fingerprint density at radius 2 is 2.08 bits per heavy atom. The van der Waals surface area contributed by atoms with E-state index in [0.29, 0.717) is 17.3 Å². The lowest BCUT2D eigenvalue weighted by atomic mass is 10.0. The van der Waals surface area contributed by atoms with Gasteiger partial charge in [-0.3, -0.25) is 14.9 Å². The first-order valence-electron chi connectivity index (χ1n) is 7.75. The molecule has 8 heteroatoms. The summed E-state index contributed by atoms with van der Waals surface area (Å²) in [4.78, 5) is 28.5. The Kier molecular flexibility index (Phi) is 4.45. The number of aryl methyl sites for hydroxylation is 1. The minimum absolute atomic E-state index is 0.0189. The zero-order chi connectivity index (χ0) is 17.1. The van der Waals surface area contributed by atoms with Gasteiger partial charge in [0.25, 0.3) is 11.6 Å². The zero-order valence-corrected chi connectivity index (χ0v) is 13.3. The van der Waals surface area contributed by atoms with Crippen LogP contribution in [0, 0.1) is 17.0 Å². The van der Waals surface area contributed by atoms with Crippen LogP contribution in [0.2, 0.25) is 0 Å². The summed E-state index contributed by atoms with van der Waals surface area (Å²) in [5.41, 5.74) is -0.0189. The van der Waals surface area contributed by atoms with Crippen LogP contribution in [0.15, 0.2) is 34.9 Å². The number of carbonyl (C=O) groups excluding carboxylic acids is 1. The number of nitrogens with one attached hydrogen (secondary N) is 1. The summed E-state index contributed by atoms with van der Waals surface area (Å²) in [6.07, 6.45) is 2.83. The van der Waals surface area contributed by atoms with E-state index in [1.165, 1.54) is 12.3 Å². The molecule has 2 aromatic rings. The van der Waals surface area contributed by atoms with Crippen LogP contribution >= 0.6 is 0 Å². The van der Waals surface area contributed by atoms with Gasteiger partial charge in [0.15, 0.2) is 5.76 Å². The summed E-state index contributed by atoms with van der Waals surface area (Å²) in [6.45, 7) is 3.26. The molecular weight excluding hydrogens is 312 g/mol. The molecule has 0 spiro atoms. The summed E-state index contributed by atoms with van der Waals surface area (Å²) < 4.78 is 5.32. The Bertz CT molecular complexity index is 733. The average Bonchev–Trinajstić information content (AvgIpc) is 3.02. The summed E-state index contributed by atoms with van der Waals surface area (Å²) in [5, 5.41) is 13.6. The second-order valence-electron chi connectivity index (χ2n) is 5.78. The number of nitro groups is 1. The molecular formula is C16H18N4O4. The molecule has 2 aromatic heterocycles. The van der Waals surface area contributed by atoms with Gasteiger partial charge in [0, 0.05) is 25.2 Å². The molecule has 24 heavy (non-hydrogen) atoms. The van der Waals surface area contributed by atoms with E-state index in [1.54, 1.807) is 25.1 Å². The minimum Gasteiger partial charge on any atom is -0.456 e. The van der Waals surface area contributed by atoms with E-state index in [9.17, 15) is 14.9 Å². The number of pyridine rings is 1. The molecule has 3 heterocycles. The number of hydrogen-bond donors (Lipinski definition) is 1. The number of hydrogen-bond acceptors (Lipinski definition) is 6. The van der Waals surface area contributed by atoms with Gasteiger partial charge in [0.05, 0.1) is 4.92 Å². The molecule has 1 fully saturated rings. The predicted octanol–water partition coefficient (Wildman–Crippen LogP) is 2.29. The lowest BCUT2D eigenvalue weighted by molar-refractivity contribution is -0.385. The predicted molar refractivity (Wildman–Crippen MR) is 87.0 cm³/mol. The standard InChI is InChI=1S/C16H18N4O4/c1-11-2-4-14(24-11)16(21)18-12-6-8-19(9-7-12)15-5-3-13(10-17-15)20(22)23/h2-5,10,12H,6-9H2,1H3,(H,18,21). The molecule has 3 rings (SSSR count). The van der Waals surface area contributed by atoms with Crippen LogP contribution in [0.5, 0.6) is 0 Å². The molecule has 0 saturated carbocycles. The summed E-state index contributed by atoms with van der Waals surface area (Å²) in [5.74, 6) is 1.55. The van der Waals surface area contributed by atoms with Crippen molar-refractivity contribution in [1.29, 1.82) is 0 Å². The van der Waals surface area contributed by atoms with Gasteiger partial charge in [-0.05, 0) is 38.0 Å². The Morgan fingerprint density at radius 3 is 2.62 bits per heavy atom. The SMILES string of the molecule is Cc1ccc(C(=O)NC2CCN(c3ccc([N+](=O)[O-])cn3)CC2)o1. The third-order valence-electron chi connectivity index (χ3n) is 4.06. The van der Waals surface area contributed by atoms with Crippen molar-refractivity contribution in [1.82, 2.24) is 10.3 Å². The largest absolute Gasteiger partial charge is 0.456 e. The van der Waals surface area contributed by atoms with Gasteiger partial charge in [0.1, 0.15) is 17.8 Å². The topological polar surface area (TPSA) is 102 Å². The molecule has 1 saturated heterocycles. The molecule has 0 aromatic carbocycles. The van der Waals surface area contributed by atoms with Gasteiger partial charge in [-0.25, -0.2) is 4.98 Å². The van der Waals surface area contributed by atoms with Gasteiger partial charge in [-0.15, -0.1) is 0 Å². The number of piperidine rings is 1. The number of rotatable bonds is 4. The number of amides is 1. The normalized spacial score (nSPS) is 15.3. The number of furan rings is 1. The van der Waals surface area contributed by atoms with Crippen LogP contribution in [-0.2, 0) is 0 Å². The highest BCUT2D eigenvalue weighted by Crippen LogP contribution is 2.20. The van der Waals surface area contributed by atoms with Gasteiger partial charge in [-0.1, -0.05) is 0 Å². The lowest BCUT2D eigenvalue weighted by Crippen LogP contribution is -2.44. The van der Waals surface area contributed by atoms with Crippen LogP contribution in [0.4, 0.5) is 11.5 Å². The number of carbonyl (C=O) groups is 1. The summed E-state index contributed by atoms with van der Waals surface area (Å²) in [7, 11) is 0. The van der Waals surface area contributed by atoms with Crippen molar-refractivity contribution in [2.24, 2.45) is 0 Å². The van der Waals surface area contributed by atoms with Gasteiger partial charge in [0.2, 0.25) is 0 Å². The highest BCUT2D eigenvalue weighted by molar-refractivity contribution is 5.91. The summed E-state index contributed by atoms with van der Waals surface area (Å²) >= 11 is 0. The van der Waals surface area contributed by atoms with E-state index in [-0.39, 0.29) is 17.6 Å². The third-order valence-corrected chi connectivity index (χ3v) is 4.06. The second-order valence-corrected chi connectivity index (χ2v) is 5.78. The zero-order valence-electron chi connectivity index (χ0n) is 13.3. The molecule has 126 valence electrons. The molecule has 0 radical (unpaired) electrons. The molecule has 0 atom stereocenters. The van der Waals surface area contributed by atoms with Crippen LogP contribution in [-0.4, -0.2) is 34.9 Å². The van der Waals surface area contributed by atoms with Crippen molar-refractivity contribution in [3.8, 4) is 0 Å². The van der Waals surface area contributed by atoms with Crippen molar-refractivity contribution in [2.45, 2.75) is 25.8 Å². The van der Waals surface area contributed by atoms with E-state index < -0.39 is 4.92 Å². The Labute approximate surface area is 138 Å². The van der Waals surface area contributed by atoms with Gasteiger partial charge in [-0.2, -0.15) is 0 Å².